The normalized spacial score (nSPS) is 10.7. The van der Waals surface area contributed by atoms with Gasteiger partial charge >= 0.3 is 0 Å². The highest BCUT2D eigenvalue weighted by Gasteiger charge is 2.10. The zero-order valence-corrected chi connectivity index (χ0v) is 15.4. The number of nitrogens with zero attached hydrogens (tertiary/aromatic N) is 2. The fourth-order valence-electron chi connectivity index (χ4n) is 2.20. The van der Waals surface area contributed by atoms with Gasteiger partial charge < -0.3 is 5.32 Å². The Bertz CT molecular complexity index is 892. The summed E-state index contributed by atoms with van der Waals surface area (Å²) in [5.74, 6) is 0.780. The van der Waals surface area contributed by atoms with Gasteiger partial charge in [-0.1, -0.05) is 59.3 Å². The summed E-state index contributed by atoms with van der Waals surface area (Å²) in [6, 6.07) is 13.4. The Kier molecular flexibility index (Phi) is 5.40. The maximum absolute atomic E-state index is 12.1. The summed E-state index contributed by atoms with van der Waals surface area (Å²) >= 11 is 7.24. The zero-order chi connectivity index (χ0) is 17.8. The Morgan fingerprint density at radius 3 is 2.72 bits per heavy atom. The summed E-state index contributed by atoms with van der Waals surface area (Å²) in [7, 11) is 0. The zero-order valence-electron chi connectivity index (χ0n) is 13.8. The minimum Gasteiger partial charge on any atom is -0.325 e. The minimum absolute atomic E-state index is 0.128. The van der Waals surface area contributed by atoms with Gasteiger partial charge in [-0.2, -0.15) is 0 Å². The van der Waals surface area contributed by atoms with E-state index in [0.717, 1.165) is 11.1 Å². The van der Waals surface area contributed by atoms with Crippen LogP contribution in [0.5, 0.6) is 0 Å². The Morgan fingerprint density at radius 1 is 1.20 bits per heavy atom. The number of H-pyrrole nitrogens is 1. The van der Waals surface area contributed by atoms with Crippen LogP contribution in [0.3, 0.4) is 0 Å². The van der Waals surface area contributed by atoms with Crippen molar-refractivity contribution in [1.29, 1.82) is 0 Å². The van der Waals surface area contributed by atoms with Crippen molar-refractivity contribution >= 4 is 35.0 Å². The number of aromatic nitrogens is 3. The molecule has 0 atom stereocenters. The molecular weight excluding hydrogens is 356 g/mol. The lowest BCUT2D eigenvalue weighted by Crippen LogP contribution is -2.14. The number of hydrogen-bond donors (Lipinski definition) is 2. The van der Waals surface area contributed by atoms with Gasteiger partial charge in [0.2, 0.25) is 11.1 Å². The van der Waals surface area contributed by atoms with Gasteiger partial charge in [0, 0.05) is 16.3 Å². The largest absolute Gasteiger partial charge is 0.325 e. The van der Waals surface area contributed by atoms with Crippen molar-refractivity contribution in [3.63, 3.8) is 0 Å². The number of halogens is 1. The van der Waals surface area contributed by atoms with Gasteiger partial charge in [0.25, 0.3) is 0 Å². The third-order valence-electron chi connectivity index (χ3n) is 3.60. The van der Waals surface area contributed by atoms with Crippen molar-refractivity contribution in [2.24, 2.45) is 0 Å². The monoisotopic (exact) mass is 372 g/mol. The molecule has 2 N–H and O–H groups in total. The Balaban J connectivity index is 1.59. The molecule has 3 rings (SSSR count). The van der Waals surface area contributed by atoms with E-state index in [1.54, 1.807) is 12.1 Å². The number of carbonyl (C=O) groups is 1. The second-order valence-electron chi connectivity index (χ2n) is 5.63. The van der Waals surface area contributed by atoms with Gasteiger partial charge in [-0.15, -0.1) is 5.10 Å². The van der Waals surface area contributed by atoms with Gasteiger partial charge in [-0.05, 0) is 31.5 Å². The maximum Gasteiger partial charge on any atom is 0.234 e. The smallest absolute Gasteiger partial charge is 0.234 e. The molecule has 128 valence electrons. The molecule has 0 unspecified atom stereocenters. The van der Waals surface area contributed by atoms with E-state index in [0.29, 0.717) is 21.7 Å². The van der Waals surface area contributed by atoms with E-state index in [9.17, 15) is 4.79 Å². The van der Waals surface area contributed by atoms with Crippen LogP contribution in [-0.2, 0) is 4.79 Å². The van der Waals surface area contributed by atoms with Crippen LogP contribution in [0.25, 0.3) is 11.4 Å². The van der Waals surface area contributed by atoms with Crippen LogP contribution in [0, 0.1) is 13.8 Å². The van der Waals surface area contributed by atoms with Gasteiger partial charge in [0.05, 0.1) is 5.75 Å². The first kappa shape index (κ1) is 17.5. The molecule has 0 aliphatic heterocycles. The topological polar surface area (TPSA) is 70.7 Å². The maximum atomic E-state index is 12.1. The van der Waals surface area contributed by atoms with E-state index in [1.165, 1.54) is 17.3 Å². The van der Waals surface area contributed by atoms with Crippen LogP contribution >= 0.6 is 23.4 Å². The molecule has 0 saturated carbocycles. The van der Waals surface area contributed by atoms with Crippen LogP contribution in [0.4, 0.5) is 5.69 Å². The lowest BCUT2D eigenvalue weighted by atomic mass is 10.1. The second kappa shape index (κ2) is 7.72. The third-order valence-corrected chi connectivity index (χ3v) is 4.68. The first-order valence-electron chi connectivity index (χ1n) is 7.69. The van der Waals surface area contributed by atoms with Crippen molar-refractivity contribution < 1.29 is 4.79 Å². The lowest BCUT2D eigenvalue weighted by molar-refractivity contribution is -0.113. The quantitative estimate of drug-likeness (QED) is 0.648. The summed E-state index contributed by atoms with van der Waals surface area (Å²) in [6.07, 6.45) is 0. The Morgan fingerprint density at radius 2 is 1.96 bits per heavy atom. The predicted molar refractivity (Wildman–Crippen MR) is 102 cm³/mol. The molecule has 0 fully saturated rings. The molecule has 0 aliphatic rings. The van der Waals surface area contributed by atoms with Crippen LogP contribution in [0.2, 0.25) is 5.02 Å². The standard InChI is InChI=1S/C18H17ClN4OS/c1-11-3-6-13(7-4-11)17-21-18(23-22-17)25-10-16(24)20-15-9-14(19)8-5-12(15)2/h3-9H,10H2,1-2H3,(H,20,24)(H,21,22,23). The van der Waals surface area contributed by atoms with Crippen molar-refractivity contribution in [3.8, 4) is 11.4 Å². The number of nitrogens with one attached hydrogen (secondary N) is 2. The number of anilines is 1. The van der Waals surface area contributed by atoms with E-state index in [4.69, 9.17) is 11.6 Å². The van der Waals surface area contributed by atoms with E-state index in [2.05, 4.69) is 20.5 Å². The minimum atomic E-state index is -0.128. The molecule has 7 heteroatoms. The highest BCUT2D eigenvalue weighted by molar-refractivity contribution is 7.99. The van der Waals surface area contributed by atoms with Crippen LogP contribution < -0.4 is 5.32 Å². The Hall–Kier alpha value is -2.31. The average Bonchev–Trinajstić information content (AvgIpc) is 3.06. The number of rotatable bonds is 5. The number of aryl methyl sites for hydroxylation is 2. The van der Waals surface area contributed by atoms with E-state index in [-0.39, 0.29) is 11.7 Å². The first-order valence-corrected chi connectivity index (χ1v) is 9.06. The molecule has 2 aromatic carbocycles. The van der Waals surface area contributed by atoms with E-state index < -0.39 is 0 Å². The number of thioether (sulfide) groups is 1. The number of aromatic amines is 1. The molecule has 0 spiro atoms. The number of benzene rings is 2. The van der Waals surface area contributed by atoms with Gasteiger partial charge in [0.15, 0.2) is 5.82 Å². The summed E-state index contributed by atoms with van der Waals surface area (Å²) in [5.41, 5.74) is 3.82. The lowest BCUT2D eigenvalue weighted by Gasteiger charge is -2.07. The molecule has 3 aromatic rings. The van der Waals surface area contributed by atoms with Crippen LogP contribution in [0.15, 0.2) is 47.6 Å². The Labute approximate surface area is 155 Å². The van der Waals surface area contributed by atoms with Crippen LogP contribution in [0.1, 0.15) is 11.1 Å². The first-order chi connectivity index (χ1) is 12.0. The van der Waals surface area contributed by atoms with Crippen molar-refractivity contribution in [2.45, 2.75) is 19.0 Å². The molecular formula is C18H17ClN4OS. The molecule has 1 aromatic heterocycles. The molecule has 1 heterocycles. The molecule has 0 aliphatic carbocycles. The summed E-state index contributed by atoms with van der Waals surface area (Å²) in [5, 5.41) is 11.0. The van der Waals surface area contributed by atoms with E-state index >= 15 is 0 Å². The van der Waals surface area contributed by atoms with Gasteiger partial charge in [-0.25, -0.2) is 4.98 Å². The third kappa shape index (κ3) is 4.61. The number of carbonyl (C=O) groups excluding carboxylic acids is 1. The second-order valence-corrected chi connectivity index (χ2v) is 7.01. The molecule has 0 radical (unpaired) electrons. The fraction of sp³-hybridized carbons (Fsp3) is 0.167. The molecule has 1 amide bonds. The van der Waals surface area contributed by atoms with E-state index in [1.807, 2.05) is 44.2 Å². The van der Waals surface area contributed by atoms with Crippen LogP contribution in [-0.4, -0.2) is 26.8 Å². The van der Waals surface area contributed by atoms with Crippen molar-refractivity contribution in [3.05, 3.63) is 58.6 Å². The summed E-state index contributed by atoms with van der Waals surface area (Å²) < 4.78 is 0. The summed E-state index contributed by atoms with van der Waals surface area (Å²) in [4.78, 5) is 16.5. The predicted octanol–water partition coefficient (Wildman–Crippen LogP) is 4.47. The van der Waals surface area contributed by atoms with Gasteiger partial charge in [-0.3, -0.25) is 9.89 Å². The fourth-order valence-corrected chi connectivity index (χ4v) is 2.97. The number of amides is 1. The van der Waals surface area contributed by atoms with Crippen molar-refractivity contribution in [2.75, 3.05) is 11.1 Å². The summed E-state index contributed by atoms with van der Waals surface area (Å²) in [6.45, 7) is 3.95. The molecule has 0 bridgehead atoms. The van der Waals surface area contributed by atoms with Crippen molar-refractivity contribution in [1.82, 2.24) is 15.2 Å². The highest BCUT2D eigenvalue weighted by atomic mass is 35.5. The number of hydrogen-bond acceptors (Lipinski definition) is 4. The molecule has 0 saturated heterocycles. The molecule has 5 nitrogen and oxygen atoms in total. The van der Waals surface area contributed by atoms with Gasteiger partial charge in [0.1, 0.15) is 0 Å². The molecule has 25 heavy (non-hydrogen) atoms. The highest BCUT2D eigenvalue weighted by Crippen LogP contribution is 2.22. The average molecular weight is 373 g/mol. The SMILES string of the molecule is Cc1ccc(-c2nc(SCC(=O)Nc3cc(Cl)ccc3C)n[nH]2)cc1.